The molecule has 0 spiro atoms. The van der Waals surface area contributed by atoms with Crippen molar-refractivity contribution in [1.29, 1.82) is 10.5 Å². The highest BCUT2D eigenvalue weighted by atomic mass is 32.2. The SMILES string of the molecule is COc1cccc([C@@H]2N=C(N)NC(SCC(=O)Nc3ccc(Cc4ccc(NC(=O)CSC5=N[C@H](c6cccc(OC)c6OC)N=C(N)N5)cc4C#N)c(C#N)c3)=N2)c1OC. The van der Waals surface area contributed by atoms with Gasteiger partial charge in [0.2, 0.25) is 11.8 Å². The fraction of sp³-hybridized carbons (Fsp3) is 0.220. The number of rotatable bonds is 14. The van der Waals surface area contributed by atoms with Crippen molar-refractivity contribution in [1.82, 2.24) is 10.6 Å². The number of ether oxygens (including phenoxy) is 4. The number of para-hydroxylation sites is 2. The third-order valence-corrected chi connectivity index (χ3v) is 10.8. The molecule has 0 saturated heterocycles. The molecule has 0 aromatic heterocycles. The molecule has 61 heavy (non-hydrogen) atoms. The number of carbonyl (C=O) groups excluding carboxylic acids is 2. The van der Waals surface area contributed by atoms with Crippen molar-refractivity contribution in [3.63, 3.8) is 0 Å². The van der Waals surface area contributed by atoms with Crippen LogP contribution in [0.4, 0.5) is 11.4 Å². The normalized spacial score (nSPS) is 15.4. The van der Waals surface area contributed by atoms with Crippen LogP contribution in [0.15, 0.2) is 92.8 Å². The molecule has 2 amide bonds. The van der Waals surface area contributed by atoms with Crippen LogP contribution >= 0.6 is 23.5 Å². The first-order chi connectivity index (χ1) is 29.5. The van der Waals surface area contributed by atoms with E-state index in [-0.39, 0.29) is 41.7 Å². The van der Waals surface area contributed by atoms with E-state index in [1.807, 2.05) is 0 Å². The highest BCUT2D eigenvalue weighted by Gasteiger charge is 2.25. The van der Waals surface area contributed by atoms with E-state index >= 15 is 0 Å². The number of thioether (sulfide) groups is 2. The second-order valence-electron chi connectivity index (χ2n) is 12.9. The van der Waals surface area contributed by atoms with Crippen LogP contribution in [-0.4, -0.2) is 74.0 Å². The number of nitrogens with two attached hydrogens (primary N) is 2. The largest absolute Gasteiger partial charge is 0.493 e. The first-order valence-corrected chi connectivity index (χ1v) is 20.2. The summed E-state index contributed by atoms with van der Waals surface area (Å²) < 4.78 is 21.8. The van der Waals surface area contributed by atoms with Crippen molar-refractivity contribution in [3.05, 3.63) is 106 Å². The molecule has 2 aliphatic heterocycles. The lowest BCUT2D eigenvalue weighted by molar-refractivity contribution is -0.114. The van der Waals surface area contributed by atoms with Gasteiger partial charge in [-0.15, -0.1) is 0 Å². The summed E-state index contributed by atoms with van der Waals surface area (Å²) in [4.78, 5) is 43.9. The maximum atomic E-state index is 13.0. The Bertz CT molecular complexity index is 2380. The predicted molar refractivity (Wildman–Crippen MR) is 236 cm³/mol. The van der Waals surface area contributed by atoms with E-state index in [4.69, 9.17) is 30.4 Å². The number of hydrogen-bond acceptors (Lipinski definition) is 18. The van der Waals surface area contributed by atoms with E-state index < -0.39 is 12.3 Å². The molecule has 0 bridgehead atoms. The maximum absolute atomic E-state index is 13.0. The summed E-state index contributed by atoms with van der Waals surface area (Å²) in [7, 11) is 6.11. The number of amides is 2. The predicted octanol–water partition coefficient (Wildman–Crippen LogP) is 4.34. The van der Waals surface area contributed by atoms with Crippen molar-refractivity contribution in [2.24, 2.45) is 31.4 Å². The Labute approximate surface area is 359 Å². The number of anilines is 2. The van der Waals surface area contributed by atoms with E-state index in [1.165, 1.54) is 28.4 Å². The van der Waals surface area contributed by atoms with Crippen LogP contribution in [0.3, 0.4) is 0 Å². The van der Waals surface area contributed by atoms with Gasteiger partial charge in [0.05, 0.1) is 63.2 Å². The van der Waals surface area contributed by atoms with Crippen LogP contribution in [0.25, 0.3) is 0 Å². The lowest BCUT2D eigenvalue weighted by Gasteiger charge is -2.21. The number of benzene rings is 4. The number of nitrogens with zero attached hydrogens (tertiary/aromatic N) is 6. The minimum Gasteiger partial charge on any atom is -0.493 e. The summed E-state index contributed by atoms with van der Waals surface area (Å²) in [5.41, 5.74) is 16.1. The number of nitrogens with one attached hydrogen (secondary N) is 4. The van der Waals surface area contributed by atoms with Crippen LogP contribution < -0.4 is 51.7 Å². The third kappa shape index (κ3) is 10.6. The molecule has 0 fully saturated rings. The van der Waals surface area contributed by atoms with Gasteiger partial charge in [-0.2, -0.15) is 10.5 Å². The number of amidine groups is 2. The topological polar surface area (TPSA) is 268 Å². The van der Waals surface area contributed by atoms with Gasteiger partial charge in [-0.25, -0.2) is 20.0 Å². The number of aliphatic imine (C=N–C) groups is 4. The molecular formula is C41H40N12O6S2. The fourth-order valence-electron chi connectivity index (χ4n) is 6.24. The Morgan fingerprint density at radius 3 is 1.46 bits per heavy atom. The van der Waals surface area contributed by atoms with E-state index in [0.717, 1.165) is 23.5 Å². The summed E-state index contributed by atoms with van der Waals surface area (Å²) in [6.07, 6.45) is -1.18. The van der Waals surface area contributed by atoms with Crippen molar-refractivity contribution in [3.8, 4) is 35.1 Å². The van der Waals surface area contributed by atoms with Crippen molar-refractivity contribution < 1.29 is 28.5 Å². The monoisotopic (exact) mass is 860 g/mol. The molecule has 2 atom stereocenters. The first kappa shape index (κ1) is 43.2. The van der Waals surface area contributed by atoms with Gasteiger partial charge in [0.1, 0.15) is 0 Å². The maximum Gasteiger partial charge on any atom is 0.234 e. The molecule has 6 rings (SSSR count). The summed E-state index contributed by atoms with van der Waals surface area (Å²) in [5, 5.41) is 32.2. The molecular weight excluding hydrogens is 821 g/mol. The van der Waals surface area contributed by atoms with Crippen LogP contribution in [-0.2, 0) is 16.0 Å². The Morgan fingerprint density at radius 2 is 1.08 bits per heavy atom. The third-order valence-electron chi connectivity index (χ3n) is 8.98. The van der Waals surface area contributed by atoms with Gasteiger partial charge in [0, 0.05) is 28.9 Å². The van der Waals surface area contributed by atoms with Crippen molar-refractivity contribution in [2.75, 3.05) is 50.6 Å². The van der Waals surface area contributed by atoms with E-state index in [9.17, 15) is 20.1 Å². The highest BCUT2D eigenvalue weighted by Crippen LogP contribution is 2.39. The van der Waals surface area contributed by atoms with Crippen LogP contribution in [0, 0.1) is 22.7 Å². The zero-order valence-corrected chi connectivity index (χ0v) is 34.9. The van der Waals surface area contributed by atoms with Gasteiger partial charge in [-0.1, -0.05) is 59.9 Å². The molecule has 18 nitrogen and oxygen atoms in total. The zero-order valence-electron chi connectivity index (χ0n) is 33.3. The molecule has 8 N–H and O–H groups in total. The van der Waals surface area contributed by atoms with Crippen molar-refractivity contribution in [2.45, 2.75) is 18.8 Å². The summed E-state index contributed by atoms with van der Waals surface area (Å²) in [6.45, 7) is 0. The lowest BCUT2D eigenvalue weighted by atomic mass is 9.96. The standard InChI is InChI=1S/C41H40N12O6S2/c1-56-30-9-5-7-28(34(30)58-3)36-48-38(44)52-40(50-36)60-20-32(54)46-26-13-11-22(24(16-26)18-42)15-23-12-14-27(17-25(23)19-43)47-33(55)21-61-41-51-37(49-39(45)53-41)29-8-6-10-31(57-2)35(29)59-4/h5-14,16-17,36-37H,15,20-21H2,1-4H3,(H,46,54)(H,47,55)(H3,44,48,50,52)(H3,45,49,51,53)/t36-,37-/m1/s1. The van der Waals surface area contributed by atoms with Gasteiger partial charge in [0.25, 0.3) is 0 Å². The lowest BCUT2D eigenvalue weighted by Crippen LogP contribution is -2.39. The molecule has 0 unspecified atom stereocenters. The molecule has 20 heteroatoms. The highest BCUT2D eigenvalue weighted by molar-refractivity contribution is 8.14. The minimum absolute atomic E-state index is 0.0205. The number of guanidine groups is 2. The Balaban J connectivity index is 1.04. The molecule has 2 aliphatic rings. The van der Waals surface area contributed by atoms with E-state index in [2.05, 4.69) is 53.4 Å². The molecule has 4 aromatic rings. The molecule has 2 heterocycles. The molecule has 0 radical (unpaired) electrons. The Hall–Kier alpha value is -7.42. The summed E-state index contributed by atoms with van der Waals surface area (Å²) >= 11 is 2.26. The van der Waals surface area contributed by atoms with Crippen LogP contribution in [0.2, 0.25) is 0 Å². The second kappa shape index (κ2) is 20.0. The molecule has 0 aliphatic carbocycles. The first-order valence-electron chi connectivity index (χ1n) is 18.3. The minimum atomic E-state index is -0.716. The van der Waals surface area contributed by atoms with Gasteiger partial charge in [0.15, 0.2) is 57.6 Å². The summed E-state index contributed by atoms with van der Waals surface area (Å²) in [6, 6.07) is 25.0. The average Bonchev–Trinajstić information content (AvgIpc) is 3.27. The molecule has 312 valence electrons. The fourth-order valence-corrected chi connectivity index (χ4v) is 7.62. The quantitative estimate of drug-likeness (QED) is 0.103. The number of methoxy groups -OCH3 is 4. The summed E-state index contributed by atoms with van der Waals surface area (Å²) in [5.74, 6) is 1.51. The van der Waals surface area contributed by atoms with Gasteiger partial charge in [-0.3, -0.25) is 9.59 Å². The molecule has 0 saturated carbocycles. The Kier molecular flexibility index (Phi) is 14.2. The smallest absolute Gasteiger partial charge is 0.234 e. The zero-order chi connectivity index (χ0) is 43.5. The van der Waals surface area contributed by atoms with Gasteiger partial charge < -0.3 is 51.7 Å². The van der Waals surface area contributed by atoms with Gasteiger partial charge >= 0.3 is 0 Å². The average molecular weight is 861 g/mol. The van der Waals surface area contributed by atoms with Crippen LogP contribution in [0.5, 0.6) is 23.0 Å². The van der Waals surface area contributed by atoms with Crippen LogP contribution in [0.1, 0.15) is 45.7 Å². The second-order valence-corrected chi connectivity index (χ2v) is 14.8. The van der Waals surface area contributed by atoms with Gasteiger partial charge in [-0.05, 0) is 47.5 Å². The van der Waals surface area contributed by atoms with Crippen molar-refractivity contribution >= 4 is 69.0 Å². The number of hydrogen-bond donors (Lipinski definition) is 6. The number of nitriles is 2. The van der Waals surface area contributed by atoms with E-state index in [0.29, 0.717) is 78.1 Å². The van der Waals surface area contributed by atoms with E-state index in [1.54, 1.807) is 72.8 Å². The molecule has 4 aromatic carbocycles. The number of carbonyl (C=O) groups is 2. The Morgan fingerprint density at radius 1 is 0.656 bits per heavy atom.